The van der Waals surface area contributed by atoms with Crippen LogP contribution in [0.2, 0.25) is 18.1 Å². The van der Waals surface area contributed by atoms with Crippen LogP contribution in [0, 0.1) is 6.92 Å². The summed E-state index contributed by atoms with van der Waals surface area (Å²) < 4.78 is 25.5. The topological polar surface area (TPSA) is 36.9 Å². The molecule has 0 unspecified atom stereocenters. The highest BCUT2D eigenvalue weighted by Crippen LogP contribution is 2.44. The fourth-order valence-electron chi connectivity index (χ4n) is 4.47. The van der Waals surface area contributed by atoms with E-state index in [0.29, 0.717) is 0 Å². The summed E-state index contributed by atoms with van der Waals surface area (Å²) in [5, 5.41) is 0.0781. The van der Waals surface area contributed by atoms with Crippen molar-refractivity contribution in [3.63, 3.8) is 0 Å². The Balaban J connectivity index is 2.09. The monoisotopic (exact) mass is 484 g/mol. The van der Waals surface area contributed by atoms with Crippen molar-refractivity contribution in [2.75, 3.05) is 14.2 Å². The van der Waals surface area contributed by atoms with Crippen molar-refractivity contribution in [3.8, 4) is 11.5 Å². The second-order valence-electron chi connectivity index (χ2n) is 11.1. The summed E-state index contributed by atoms with van der Waals surface area (Å²) in [5.74, 6) is 1.63. The molecule has 0 amide bonds. The molecular formula is C29H44O4Si. The van der Waals surface area contributed by atoms with Gasteiger partial charge in [-0.3, -0.25) is 0 Å². The molecule has 34 heavy (non-hydrogen) atoms. The van der Waals surface area contributed by atoms with Gasteiger partial charge in [0.25, 0.3) is 0 Å². The van der Waals surface area contributed by atoms with Crippen molar-refractivity contribution in [1.82, 2.24) is 0 Å². The smallest absolute Gasteiger partial charge is 0.193 e. The van der Waals surface area contributed by atoms with Gasteiger partial charge in [-0.2, -0.15) is 0 Å². The molecule has 2 aromatic rings. The minimum absolute atomic E-state index is 0.0781. The maximum atomic E-state index is 7.17. The predicted octanol–water partition coefficient (Wildman–Crippen LogP) is 7.65. The third kappa shape index (κ3) is 6.44. The summed E-state index contributed by atoms with van der Waals surface area (Å²) in [6.07, 6.45) is 5.49. The van der Waals surface area contributed by atoms with Crippen molar-refractivity contribution in [2.45, 2.75) is 96.2 Å². The highest BCUT2D eigenvalue weighted by Gasteiger charge is 2.42. The zero-order valence-electron chi connectivity index (χ0n) is 22.4. The van der Waals surface area contributed by atoms with Gasteiger partial charge in [0.15, 0.2) is 8.32 Å². The van der Waals surface area contributed by atoms with Gasteiger partial charge in [0.1, 0.15) is 11.5 Å². The van der Waals surface area contributed by atoms with Gasteiger partial charge in [-0.15, -0.1) is 0 Å². The molecule has 0 bridgehead atoms. The first-order chi connectivity index (χ1) is 16.1. The van der Waals surface area contributed by atoms with E-state index in [-0.39, 0.29) is 23.4 Å². The van der Waals surface area contributed by atoms with Crippen LogP contribution in [0.3, 0.4) is 0 Å². The molecule has 1 fully saturated rings. The third-order valence-electron chi connectivity index (χ3n) is 7.62. The molecule has 0 aliphatic heterocycles. The number of methoxy groups -OCH3 is 2. The molecular weight excluding hydrogens is 440 g/mol. The van der Waals surface area contributed by atoms with E-state index in [2.05, 4.69) is 76.3 Å². The van der Waals surface area contributed by atoms with Gasteiger partial charge >= 0.3 is 0 Å². The minimum Gasteiger partial charge on any atom is -0.496 e. The average molecular weight is 485 g/mol. The van der Waals surface area contributed by atoms with Crippen LogP contribution in [-0.4, -0.2) is 34.7 Å². The quantitative estimate of drug-likeness (QED) is 0.325. The molecule has 1 saturated carbocycles. The Morgan fingerprint density at radius 3 is 2.00 bits per heavy atom. The van der Waals surface area contributed by atoms with Crippen LogP contribution in [0.25, 0.3) is 0 Å². The number of ether oxygens (including phenoxy) is 3. The molecule has 1 aliphatic carbocycles. The van der Waals surface area contributed by atoms with Gasteiger partial charge in [-0.25, -0.2) is 0 Å². The summed E-state index contributed by atoms with van der Waals surface area (Å²) in [6, 6.07) is 14.9. The lowest BCUT2D eigenvalue weighted by molar-refractivity contribution is -0.0705. The van der Waals surface area contributed by atoms with E-state index in [4.69, 9.17) is 18.6 Å². The first-order valence-electron chi connectivity index (χ1n) is 12.7. The Kier molecular flexibility index (Phi) is 8.88. The van der Waals surface area contributed by atoms with E-state index < -0.39 is 8.32 Å². The molecule has 0 radical (unpaired) electrons. The molecule has 0 spiro atoms. The summed E-state index contributed by atoms with van der Waals surface area (Å²) in [7, 11) is 1.31. The van der Waals surface area contributed by atoms with Crippen LogP contribution in [0.5, 0.6) is 11.5 Å². The van der Waals surface area contributed by atoms with Crippen molar-refractivity contribution >= 4 is 8.32 Å². The summed E-state index contributed by atoms with van der Waals surface area (Å²) >= 11 is 0. The van der Waals surface area contributed by atoms with Crippen LogP contribution in [0.1, 0.15) is 69.2 Å². The maximum absolute atomic E-state index is 7.17. The van der Waals surface area contributed by atoms with Gasteiger partial charge in [-0.1, -0.05) is 63.9 Å². The molecule has 5 heteroatoms. The second kappa shape index (κ2) is 11.3. The van der Waals surface area contributed by atoms with Crippen LogP contribution in [0.15, 0.2) is 42.5 Å². The highest BCUT2D eigenvalue weighted by atomic mass is 28.4. The standard InChI is InChI=1S/C29H44O4Si/c1-21-25(30-5)19-23(20-26(21)31-6)28(33-34(7,8)29(2,3)4)27(32-24-16-12-13-17-24)18-22-14-10-9-11-15-22/h9-11,14-15,19-20,24,27-28H,12-13,16-18H2,1-8H3/t27-,28+/m0/s1. The first-order valence-corrected chi connectivity index (χ1v) is 15.6. The van der Waals surface area contributed by atoms with Gasteiger partial charge in [0.05, 0.1) is 32.5 Å². The number of benzene rings is 2. The molecule has 0 heterocycles. The highest BCUT2D eigenvalue weighted by molar-refractivity contribution is 6.74. The number of rotatable bonds is 10. The molecule has 0 aromatic heterocycles. The Bertz CT molecular complexity index is 888. The summed E-state index contributed by atoms with van der Waals surface area (Å²) in [5.41, 5.74) is 3.32. The fraction of sp³-hybridized carbons (Fsp3) is 0.586. The van der Waals surface area contributed by atoms with Gasteiger partial charge in [-0.05, 0) is 61.2 Å². The van der Waals surface area contributed by atoms with Crippen LogP contribution in [0.4, 0.5) is 0 Å². The number of hydrogen-bond acceptors (Lipinski definition) is 4. The zero-order valence-corrected chi connectivity index (χ0v) is 23.4. The minimum atomic E-state index is -2.12. The molecule has 188 valence electrons. The molecule has 0 saturated heterocycles. The molecule has 2 atom stereocenters. The Morgan fingerprint density at radius 2 is 1.50 bits per heavy atom. The molecule has 4 nitrogen and oxygen atoms in total. The molecule has 2 aromatic carbocycles. The van der Waals surface area contributed by atoms with Crippen LogP contribution < -0.4 is 9.47 Å². The van der Waals surface area contributed by atoms with Gasteiger partial charge < -0.3 is 18.6 Å². The third-order valence-corrected chi connectivity index (χ3v) is 12.1. The van der Waals surface area contributed by atoms with E-state index in [1.54, 1.807) is 14.2 Å². The van der Waals surface area contributed by atoms with Crippen molar-refractivity contribution in [2.24, 2.45) is 0 Å². The van der Waals surface area contributed by atoms with Gasteiger partial charge in [0.2, 0.25) is 0 Å². The SMILES string of the molecule is COc1cc([C@@H](O[Si](C)(C)C(C)(C)C)[C@H](Cc2ccccc2)OC2CCCC2)cc(OC)c1C. The molecule has 3 rings (SSSR count). The van der Waals surface area contributed by atoms with Gasteiger partial charge in [0, 0.05) is 12.0 Å². The summed E-state index contributed by atoms with van der Waals surface area (Å²) in [4.78, 5) is 0. The largest absolute Gasteiger partial charge is 0.496 e. The van der Waals surface area contributed by atoms with E-state index in [0.717, 1.165) is 41.9 Å². The Labute approximate surface area is 208 Å². The lowest BCUT2D eigenvalue weighted by Crippen LogP contribution is -2.45. The zero-order chi connectivity index (χ0) is 24.9. The Morgan fingerprint density at radius 1 is 0.941 bits per heavy atom. The average Bonchev–Trinajstić information content (AvgIpc) is 3.30. The molecule has 1 aliphatic rings. The van der Waals surface area contributed by atoms with E-state index >= 15 is 0 Å². The van der Waals surface area contributed by atoms with E-state index in [9.17, 15) is 0 Å². The second-order valence-corrected chi connectivity index (χ2v) is 15.9. The number of hydrogen-bond donors (Lipinski definition) is 0. The van der Waals surface area contributed by atoms with Crippen molar-refractivity contribution in [1.29, 1.82) is 0 Å². The lowest BCUT2D eigenvalue weighted by atomic mass is 9.96. The van der Waals surface area contributed by atoms with Crippen LogP contribution in [-0.2, 0) is 15.6 Å². The van der Waals surface area contributed by atoms with Crippen molar-refractivity contribution in [3.05, 3.63) is 59.2 Å². The predicted molar refractivity (Wildman–Crippen MR) is 143 cm³/mol. The normalized spacial score (nSPS) is 16.9. The lowest BCUT2D eigenvalue weighted by Gasteiger charge is -2.42. The van der Waals surface area contributed by atoms with E-state index in [1.165, 1.54) is 18.4 Å². The summed E-state index contributed by atoms with van der Waals surface area (Å²) in [6.45, 7) is 13.5. The molecule has 0 N–H and O–H groups in total. The fourth-order valence-corrected chi connectivity index (χ4v) is 5.74. The van der Waals surface area contributed by atoms with Crippen LogP contribution >= 0.6 is 0 Å². The maximum Gasteiger partial charge on any atom is 0.193 e. The Hall–Kier alpha value is -1.82. The van der Waals surface area contributed by atoms with E-state index in [1.807, 2.05) is 6.92 Å². The van der Waals surface area contributed by atoms with Crippen molar-refractivity contribution < 1.29 is 18.6 Å². The first kappa shape index (κ1) is 26.8.